The first kappa shape index (κ1) is 31.0. The third-order valence-electron chi connectivity index (χ3n) is 6.96. The van der Waals surface area contributed by atoms with Gasteiger partial charge in [-0.15, -0.1) is 0 Å². The average molecular weight is 624 g/mol. The molecule has 0 atom stereocenters. The Morgan fingerprint density at radius 3 is 2.27 bits per heavy atom. The van der Waals surface area contributed by atoms with Gasteiger partial charge >= 0.3 is 18.4 Å². The summed E-state index contributed by atoms with van der Waals surface area (Å²) in [5.41, 5.74) is 1.44. The van der Waals surface area contributed by atoms with E-state index in [4.69, 9.17) is 5.11 Å². The molecule has 1 aliphatic heterocycles. The molecule has 0 saturated carbocycles. The van der Waals surface area contributed by atoms with Crippen LogP contribution in [-0.4, -0.2) is 74.1 Å². The standard InChI is InChI=1S/C30H28F3N7O5/c31-30(32,33)21-8-10-22(11-9-21)35-28(42)38-25-26(45-29(43)44)37-24(36-25)17-19-4-6-20(7-5-19)27(41)40-15-13-39(14-16-40)18-23-3-1-2-12-34-23/h1-12H,13-18H2,(H,36,37)(H,43,44)(H2,35,38,42). The molecule has 3 amide bonds. The second kappa shape index (κ2) is 13.5. The summed E-state index contributed by atoms with van der Waals surface area (Å²) in [5, 5.41) is 13.8. The quantitative estimate of drug-likeness (QED) is 0.199. The lowest BCUT2D eigenvalue weighted by Gasteiger charge is -2.34. The maximum atomic E-state index is 13.1. The second-order valence-electron chi connectivity index (χ2n) is 10.1. The lowest BCUT2D eigenvalue weighted by molar-refractivity contribution is -0.137. The number of nitrogens with one attached hydrogen (secondary N) is 3. The minimum Gasteiger partial charge on any atom is -0.449 e. The Labute approximate surface area is 254 Å². The summed E-state index contributed by atoms with van der Waals surface area (Å²) in [5.74, 6) is -0.432. The molecule has 2 aromatic heterocycles. The molecule has 1 fully saturated rings. The normalized spacial score (nSPS) is 13.7. The zero-order valence-corrected chi connectivity index (χ0v) is 23.7. The molecule has 15 heteroatoms. The van der Waals surface area contributed by atoms with Crippen molar-refractivity contribution in [3.63, 3.8) is 0 Å². The number of amides is 3. The number of rotatable bonds is 8. The molecule has 2 aromatic carbocycles. The SMILES string of the molecule is O=C(Nc1ccc(C(F)(F)F)cc1)Nc1[nH]c(Cc2ccc(C(=O)N3CCN(Cc4ccccn4)CC3)cc2)nc1OC(=O)O. The van der Waals surface area contributed by atoms with Crippen LogP contribution in [0.2, 0.25) is 0 Å². The molecule has 0 unspecified atom stereocenters. The number of anilines is 2. The molecule has 3 heterocycles. The first-order valence-electron chi connectivity index (χ1n) is 13.8. The van der Waals surface area contributed by atoms with Gasteiger partial charge in [-0.05, 0) is 54.1 Å². The molecule has 1 saturated heterocycles. The minimum atomic E-state index is -4.52. The maximum absolute atomic E-state index is 13.1. The highest BCUT2D eigenvalue weighted by Crippen LogP contribution is 2.30. The minimum absolute atomic E-state index is 0.0712. The molecule has 12 nitrogen and oxygen atoms in total. The number of piperazine rings is 1. The number of pyridine rings is 1. The number of H-pyrrole nitrogens is 1. The molecular weight excluding hydrogens is 595 g/mol. The molecule has 4 N–H and O–H groups in total. The first-order chi connectivity index (χ1) is 21.5. The van der Waals surface area contributed by atoms with E-state index < -0.39 is 29.8 Å². The van der Waals surface area contributed by atoms with E-state index in [2.05, 4.69) is 35.2 Å². The molecule has 5 rings (SSSR count). The van der Waals surface area contributed by atoms with Crippen LogP contribution in [0.25, 0.3) is 0 Å². The van der Waals surface area contributed by atoms with E-state index in [0.29, 0.717) is 18.7 Å². The van der Waals surface area contributed by atoms with Crippen molar-refractivity contribution in [2.24, 2.45) is 0 Å². The molecule has 1 aliphatic rings. The molecule has 45 heavy (non-hydrogen) atoms. The van der Waals surface area contributed by atoms with Gasteiger partial charge in [-0.3, -0.25) is 20.0 Å². The summed E-state index contributed by atoms with van der Waals surface area (Å²) >= 11 is 0. The highest BCUT2D eigenvalue weighted by molar-refractivity contribution is 6.00. The van der Waals surface area contributed by atoms with Crippen molar-refractivity contribution in [3.8, 4) is 5.88 Å². The average Bonchev–Trinajstić information content (AvgIpc) is 3.37. The number of ether oxygens (including phenoxy) is 1. The summed E-state index contributed by atoms with van der Waals surface area (Å²) in [7, 11) is 0. The number of aromatic amines is 1. The Balaban J connectivity index is 1.17. The van der Waals surface area contributed by atoms with E-state index in [1.807, 2.05) is 18.2 Å². The van der Waals surface area contributed by atoms with Crippen molar-refractivity contribution >= 4 is 29.6 Å². The van der Waals surface area contributed by atoms with Gasteiger partial charge in [0.25, 0.3) is 11.8 Å². The molecule has 0 aliphatic carbocycles. The number of alkyl halides is 3. The smallest absolute Gasteiger partial charge is 0.449 e. The van der Waals surface area contributed by atoms with Crippen LogP contribution in [0.4, 0.5) is 34.3 Å². The maximum Gasteiger partial charge on any atom is 0.512 e. The van der Waals surface area contributed by atoms with Gasteiger partial charge in [-0.1, -0.05) is 18.2 Å². The molecule has 4 aromatic rings. The van der Waals surface area contributed by atoms with Crippen LogP contribution in [0.5, 0.6) is 5.88 Å². The Bertz CT molecular complexity index is 1640. The van der Waals surface area contributed by atoms with Gasteiger partial charge in [0.15, 0.2) is 5.82 Å². The molecule has 0 bridgehead atoms. The van der Waals surface area contributed by atoms with Crippen molar-refractivity contribution in [1.29, 1.82) is 0 Å². The van der Waals surface area contributed by atoms with Crippen molar-refractivity contribution in [3.05, 3.63) is 101 Å². The van der Waals surface area contributed by atoms with Gasteiger partial charge in [0.2, 0.25) is 0 Å². The van der Waals surface area contributed by atoms with Crippen molar-refractivity contribution in [2.75, 3.05) is 36.8 Å². The van der Waals surface area contributed by atoms with Gasteiger partial charge in [-0.25, -0.2) is 9.59 Å². The van der Waals surface area contributed by atoms with Crippen molar-refractivity contribution in [2.45, 2.75) is 19.1 Å². The van der Waals surface area contributed by atoms with Gasteiger partial charge in [0.1, 0.15) is 5.82 Å². The highest BCUT2D eigenvalue weighted by Gasteiger charge is 2.30. The Hall–Kier alpha value is -5.44. The Morgan fingerprint density at radius 2 is 1.64 bits per heavy atom. The van der Waals surface area contributed by atoms with Crippen LogP contribution >= 0.6 is 0 Å². The van der Waals surface area contributed by atoms with E-state index in [0.717, 1.165) is 55.2 Å². The highest BCUT2D eigenvalue weighted by atomic mass is 19.4. The number of hydrogen-bond acceptors (Lipinski definition) is 7. The fourth-order valence-corrected chi connectivity index (χ4v) is 4.72. The predicted molar refractivity (Wildman–Crippen MR) is 156 cm³/mol. The number of imidazole rings is 1. The second-order valence-corrected chi connectivity index (χ2v) is 10.1. The molecule has 234 valence electrons. The van der Waals surface area contributed by atoms with Crippen molar-refractivity contribution < 1.29 is 37.4 Å². The number of carbonyl (C=O) groups excluding carboxylic acids is 2. The summed E-state index contributed by atoms with van der Waals surface area (Å²) in [6.45, 7) is 3.38. The number of halogens is 3. The van der Waals surface area contributed by atoms with Gasteiger partial charge in [0.05, 0.1) is 11.3 Å². The topological polar surface area (TPSA) is 153 Å². The van der Waals surface area contributed by atoms with Crippen LogP contribution in [-0.2, 0) is 19.1 Å². The molecule has 0 radical (unpaired) electrons. The van der Waals surface area contributed by atoms with Gasteiger partial charge in [0, 0.05) is 56.6 Å². The van der Waals surface area contributed by atoms with E-state index in [1.165, 1.54) is 0 Å². The number of hydrogen-bond donors (Lipinski definition) is 4. The molecule has 0 spiro atoms. The third kappa shape index (κ3) is 8.35. The zero-order valence-electron chi connectivity index (χ0n) is 23.7. The largest absolute Gasteiger partial charge is 0.512 e. The summed E-state index contributed by atoms with van der Waals surface area (Å²) < 4.78 is 43.0. The van der Waals surface area contributed by atoms with Crippen LogP contribution in [0, 0.1) is 0 Å². The number of urea groups is 1. The van der Waals surface area contributed by atoms with Crippen LogP contribution in [0.15, 0.2) is 72.9 Å². The lowest BCUT2D eigenvalue weighted by Crippen LogP contribution is -2.48. The van der Waals surface area contributed by atoms with E-state index in [1.54, 1.807) is 35.4 Å². The molecular formula is C30H28F3N7O5. The van der Waals surface area contributed by atoms with Crippen LogP contribution < -0.4 is 15.4 Å². The fourth-order valence-electron chi connectivity index (χ4n) is 4.72. The Morgan fingerprint density at radius 1 is 0.933 bits per heavy atom. The third-order valence-corrected chi connectivity index (χ3v) is 6.96. The monoisotopic (exact) mass is 623 g/mol. The van der Waals surface area contributed by atoms with E-state index in [9.17, 15) is 27.6 Å². The van der Waals surface area contributed by atoms with E-state index in [-0.39, 0.29) is 29.7 Å². The lowest BCUT2D eigenvalue weighted by atomic mass is 10.1. The van der Waals surface area contributed by atoms with Crippen molar-refractivity contribution in [1.82, 2.24) is 24.8 Å². The predicted octanol–water partition coefficient (Wildman–Crippen LogP) is 5.07. The van der Waals surface area contributed by atoms with Crippen LogP contribution in [0.3, 0.4) is 0 Å². The number of benzene rings is 2. The summed E-state index contributed by atoms with van der Waals surface area (Å²) in [6, 6.07) is 15.6. The summed E-state index contributed by atoms with van der Waals surface area (Å²) in [4.78, 5) is 52.0. The number of carbonyl (C=O) groups is 3. The zero-order chi connectivity index (χ0) is 32.0. The first-order valence-corrected chi connectivity index (χ1v) is 13.8. The van der Waals surface area contributed by atoms with Gasteiger partial charge < -0.3 is 25.0 Å². The van der Waals surface area contributed by atoms with Gasteiger partial charge in [-0.2, -0.15) is 18.2 Å². The fraction of sp³-hybridized carbons (Fsp3) is 0.233. The number of nitrogens with zero attached hydrogens (tertiary/aromatic N) is 4. The Kier molecular flexibility index (Phi) is 9.28. The summed E-state index contributed by atoms with van der Waals surface area (Å²) in [6.07, 6.45) is -4.25. The number of carboxylic acid groups (broad SMARTS) is 1. The number of aromatic nitrogens is 3. The van der Waals surface area contributed by atoms with Crippen LogP contribution in [0.1, 0.15) is 33.0 Å². The van der Waals surface area contributed by atoms with E-state index >= 15 is 0 Å².